The van der Waals surface area contributed by atoms with Crippen LogP contribution in [-0.4, -0.2) is 8.32 Å². The van der Waals surface area contributed by atoms with Gasteiger partial charge in [0.1, 0.15) is 0 Å². The molecule has 1 aromatic carbocycles. The van der Waals surface area contributed by atoms with Crippen molar-refractivity contribution in [2.24, 2.45) is 0 Å². The maximum Gasteiger partial charge on any atom is 0.192 e. The van der Waals surface area contributed by atoms with Gasteiger partial charge in [0.15, 0.2) is 8.32 Å². The Bertz CT molecular complexity index is 481. The van der Waals surface area contributed by atoms with Crippen LogP contribution in [0.25, 0.3) is 0 Å². The fourth-order valence-corrected chi connectivity index (χ4v) is 2.59. The largest absolute Gasteiger partial charge is 0.413 e. The fraction of sp³-hybridized carbons (Fsp3) is 0.562. The summed E-state index contributed by atoms with van der Waals surface area (Å²) in [7, 11) is -1.71. The van der Waals surface area contributed by atoms with Crippen molar-refractivity contribution < 1.29 is 4.43 Å². The lowest BCUT2D eigenvalue weighted by atomic mass is 10.0. The molecule has 0 aliphatic heterocycles. The molecule has 2 nitrogen and oxygen atoms in total. The van der Waals surface area contributed by atoms with Gasteiger partial charge < -0.3 is 4.43 Å². The third kappa shape index (κ3) is 3.92. The van der Waals surface area contributed by atoms with Crippen molar-refractivity contribution in [3.8, 4) is 6.07 Å². The van der Waals surface area contributed by atoms with Gasteiger partial charge in [-0.2, -0.15) is 5.26 Å². The number of aryl methyl sites for hydroxylation is 1. The van der Waals surface area contributed by atoms with Gasteiger partial charge in [-0.25, -0.2) is 0 Å². The van der Waals surface area contributed by atoms with E-state index in [4.69, 9.17) is 9.69 Å². The Morgan fingerprint density at radius 3 is 2.32 bits per heavy atom. The number of rotatable bonds is 4. The number of benzene rings is 1. The Balaban J connectivity index is 2.87. The minimum Gasteiger partial charge on any atom is -0.413 e. The fourth-order valence-electron chi connectivity index (χ4n) is 1.64. The first-order valence-corrected chi connectivity index (χ1v) is 9.78. The van der Waals surface area contributed by atoms with E-state index in [1.807, 2.05) is 18.2 Å². The maximum absolute atomic E-state index is 8.94. The van der Waals surface area contributed by atoms with Gasteiger partial charge in [0.05, 0.1) is 18.2 Å². The molecule has 19 heavy (non-hydrogen) atoms. The van der Waals surface area contributed by atoms with Crippen molar-refractivity contribution in [2.45, 2.75) is 58.9 Å². The first kappa shape index (κ1) is 15.9. The highest BCUT2D eigenvalue weighted by Crippen LogP contribution is 2.37. The van der Waals surface area contributed by atoms with E-state index >= 15 is 0 Å². The van der Waals surface area contributed by atoms with Crippen LogP contribution >= 0.6 is 0 Å². The number of nitriles is 1. The Labute approximate surface area is 118 Å². The van der Waals surface area contributed by atoms with Gasteiger partial charge in [-0.15, -0.1) is 0 Å². The molecule has 0 spiro atoms. The molecule has 0 aliphatic rings. The van der Waals surface area contributed by atoms with Crippen LogP contribution in [0.3, 0.4) is 0 Å². The third-order valence-electron chi connectivity index (χ3n) is 4.11. The molecule has 1 aromatic rings. The Kier molecular flexibility index (Phi) is 4.95. The van der Waals surface area contributed by atoms with Crippen LogP contribution in [-0.2, 0) is 17.5 Å². The highest BCUT2D eigenvalue weighted by atomic mass is 28.4. The van der Waals surface area contributed by atoms with Gasteiger partial charge in [-0.1, -0.05) is 33.8 Å². The second-order valence-electron chi connectivity index (χ2n) is 6.50. The minimum absolute atomic E-state index is 0.228. The summed E-state index contributed by atoms with van der Waals surface area (Å²) in [6.07, 6.45) is 0.936. The Hall–Kier alpha value is -1.11. The zero-order chi connectivity index (χ0) is 14.7. The predicted molar refractivity (Wildman–Crippen MR) is 82.5 cm³/mol. The lowest BCUT2D eigenvalue weighted by Gasteiger charge is -2.36. The van der Waals surface area contributed by atoms with Crippen LogP contribution in [0.15, 0.2) is 18.2 Å². The molecule has 1 rings (SSSR count). The number of hydrogen-bond donors (Lipinski definition) is 0. The number of hydrogen-bond acceptors (Lipinski definition) is 2. The summed E-state index contributed by atoms with van der Waals surface area (Å²) in [4.78, 5) is 0. The molecule has 104 valence electrons. The predicted octanol–water partition coefficient (Wildman–Crippen LogP) is 4.64. The average Bonchev–Trinajstić information content (AvgIpc) is 2.34. The zero-order valence-corrected chi connectivity index (χ0v) is 14.0. The lowest BCUT2D eigenvalue weighted by molar-refractivity contribution is 0.275. The molecular formula is C16H25NOSi. The Morgan fingerprint density at radius 1 is 1.21 bits per heavy atom. The van der Waals surface area contributed by atoms with Crippen LogP contribution in [0.1, 0.15) is 44.4 Å². The normalized spacial score (nSPS) is 12.3. The van der Waals surface area contributed by atoms with E-state index in [1.54, 1.807) is 0 Å². The summed E-state index contributed by atoms with van der Waals surface area (Å²) >= 11 is 0. The van der Waals surface area contributed by atoms with Gasteiger partial charge in [0.2, 0.25) is 0 Å². The molecule has 0 amide bonds. The van der Waals surface area contributed by atoms with Crippen molar-refractivity contribution in [2.75, 3.05) is 0 Å². The SMILES string of the molecule is CCc1cc(C#N)ccc1CO[Si](C)(C)C(C)(C)C. The van der Waals surface area contributed by atoms with E-state index in [0.717, 1.165) is 12.0 Å². The van der Waals surface area contributed by atoms with Crippen LogP contribution in [0.5, 0.6) is 0 Å². The molecule has 0 fully saturated rings. The second kappa shape index (κ2) is 5.90. The van der Waals surface area contributed by atoms with Crippen LogP contribution < -0.4 is 0 Å². The van der Waals surface area contributed by atoms with Crippen LogP contribution in [0, 0.1) is 11.3 Å². The van der Waals surface area contributed by atoms with Crippen LogP contribution in [0.2, 0.25) is 18.1 Å². The van der Waals surface area contributed by atoms with E-state index in [1.165, 1.54) is 11.1 Å². The van der Waals surface area contributed by atoms with E-state index in [2.05, 4.69) is 46.9 Å². The lowest BCUT2D eigenvalue weighted by Crippen LogP contribution is -2.40. The summed E-state index contributed by atoms with van der Waals surface area (Å²) in [5, 5.41) is 9.17. The highest BCUT2D eigenvalue weighted by molar-refractivity contribution is 6.74. The van der Waals surface area contributed by atoms with Gasteiger partial charge in [-0.05, 0) is 47.8 Å². The molecule has 0 radical (unpaired) electrons. The third-order valence-corrected chi connectivity index (χ3v) is 8.59. The van der Waals surface area contributed by atoms with E-state index < -0.39 is 8.32 Å². The minimum atomic E-state index is -1.71. The van der Waals surface area contributed by atoms with Crippen molar-refractivity contribution in [3.63, 3.8) is 0 Å². The molecule has 3 heteroatoms. The quantitative estimate of drug-likeness (QED) is 0.750. The van der Waals surface area contributed by atoms with Crippen LogP contribution in [0.4, 0.5) is 0 Å². The molecule has 0 bridgehead atoms. The van der Waals surface area contributed by atoms with Crippen molar-refractivity contribution in [3.05, 3.63) is 34.9 Å². The van der Waals surface area contributed by atoms with E-state index in [0.29, 0.717) is 6.61 Å². The molecule has 0 N–H and O–H groups in total. The van der Waals surface area contributed by atoms with Gasteiger partial charge in [0, 0.05) is 0 Å². The zero-order valence-electron chi connectivity index (χ0n) is 13.0. The monoisotopic (exact) mass is 275 g/mol. The van der Waals surface area contributed by atoms with Crippen molar-refractivity contribution in [1.82, 2.24) is 0 Å². The molecule has 0 aromatic heterocycles. The van der Waals surface area contributed by atoms with Gasteiger partial charge >= 0.3 is 0 Å². The van der Waals surface area contributed by atoms with Crippen molar-refractivity contribution in [1.29, 1.82) is 5.26 Å². The van der Waals surface area contributed by atoms with Gasteiger partial charge in [-0.3, -0.25) is 0 Å². The van der Waals surface area contributed by atoms with E-state index in [-0.39, 0.29) is 5.04 Å². The summed E-state index contributed by atoms with van der Waals surface area (Å²) in [6.45, 7) is 14.1. The van der Waals surface area contributed by atoms with E-state index in [9.17, 15) is 0 Å². The standard InChI is InChI=1S/C16H25NOSi/c1-7-14-10-13(11-17)8-9-15(14)12-18-19(5,6)16(2,3)4/h8-10H,7,12H2,1-6H3. The molecule has 0 heterocycles. The Morgan fingerprint density at radius 2 is 1.84 bits per heavy atom. The molecule has 0 aliphatic carbocycles. The molecule has 0 atom stereocenters. The molecule has 0 unspecified atom stereocenters. The highest BCUT2D eigenvalue weighted by Gasteiger charge is 2.37. The summed E-state index contributed by atoms with van der Waals surface area (Å²) in [5.41, 5.74) is 3.16. The average molecular weight is 275 g/mol. The maximum atomic E-state index is 8.94. The second-order valence-corrected chi connectivity index (χ2v) is 11.3. The summed E-state index contributed by atoms with van der Waals surface area (Å²) < 4.78 is 6.25. The molecule has 0 saturated carbocycles. The summed E-state index contributed by atoms with van der Waals surface area (Å²) in [5.74, 6) is 0. The topological polar surface area (TPSA) is 33.0 Å². The number of nitrogens with zero attached hydrogens (tertiary/aromatic N) is 1. The first-order valence-electron chi connectivity index (χ1n) is 6.87. The molecular weight excluding hydrogens is 250 g/mol. The summed E-state index contributed by atoms with van der Waals surface area (Å²) in [6, 6.07) is 8.08. The molecule has 0 saturated heterocycles. The van der Waals surface area contributed by atoms with Crippen molar-refractivity contribution >= 4 is 8.32 Å². The smallest absolute Gasteiger partial charge is 0.192 e. The first-order chi connectivity index (χ1) is 8.71. The van der Waals surface area contributed by atoms with Gasteiger partial charge in [0.25, 0.3) is 0 Å².